The molecule has 96 valence electrons. The lowest BCUT2D eigenvalue weighted by Gasteiger charge is -2.20. The maximum Gasteiger partial charge on any atom is 0.326 e. The summed E-state index contributed by atoms with van der Waals surface area (Å²) >= 11 is 5.55. The van der Waals surface area contributed by atoms with Crippen LogP contribution in [-0.4, -0.2) is 55.6 Å². The van der Waals surface area contributed by atoms with Gasteiger partial charge >= 0.3 is 5.97 Å². The van der Waals surface area contributed by atoms with Gasteiger partial charge in [0.15, 0.2) is 0 Å². The maximum absolute atomic E-state index is 12.0. The Bertz CT molecular complexity index is 479. The number of carbonyl (C=O) groups is 2. The van der Waals surface area contributed by atoms with E-state index in [4.69, 9.17) is 16.7 Å². The number of carboxylic acid groups (broad SMARTS) is 1. The number of hydrogen-bond acceptors (Lipinski definition) is 5. The molecule has 1 aromatic heterocycles. The lowest BCUT2D eigenvalue weighted by atomic mass is 10.2. The maximum atomic E-state index is 12.0. The molecule has 2 N–H and O–H groups in total. The number of likely N-dealkylation sites (tertiary alicyclic amines) is 1. The average Bonchev–Trinajstić information content (AvgIpc) is 2.71. The van der Waals surface area contributed by atoms with Gasteiger partial charge in [-0.3, -0.25) is 4.79 Å². The van der Waals surface area contributed by atoms with Gasteiger partial charge in [-0.25, -0.2) is 14.8 Å². The highest BCUT2D eigenvalue weighted by molar-refractivity contribution is 6.29. The van der Waals surface area contributed by atoms with Crippen LogP contribution in [0.5, 0.6) is 0 Å². The van der Waals surface area contributed by atoms with Crippen LogP contribution >= 0.6 is 11.6 Å². The SMILES string of the molecule is O=C(O)[C@@H]1C[C@@H](O)CN1C(=O)c1cnc(Cl)cn1. The number of hydrogen-bond donors (Lipinski definition) is 2. The van der Waals surface area contributed by atoms with Crippen molar-refractivity contribution in [2.24, 2.45) is 0 Å². The highest BCUT2D eigenvalue weighted by Gasteiger charge is 2.39. The van der Waals surface area contributed by atoms with Crippen LogP contribution in [0.4, 0.5) is 0 Å². The van der Waals surface area contributed by atoms with E-state index in [-0.39, 0.29) is 23.8 Å². The first-order valence-electron chi connectivity index (χ1n) is 5.18. The molecule has 0 spiro atoms. The third-order valence-electron chi connectivity index (χ3n) is 2.66. The number of aromatic nitrogens is 2. The molecule has 7 nitrogen and oxygen atoms in total. The summed E-state index contributed by atoms with van der Waals surface area (Å²) in [5.41, 5.74) is -0.000231. The van der Waals surface area contributed by atoms with Gasteiger partial charge in [0.05, 0.1) is 18.5 Å². The zero-order chi connectivity index (χ0) is 13.3. The summed E-state index contributed by atoms with van der Waals surface area (Å²) in [6, 6.07) is -1.04. The first kappa shape index (κ1) is 12.7. The van der Waals surface area contributed by atoms with Crippen molar-refractivity contribution in [1.29, 1.82) is 0 Å². The van der Waals surface area contributed by atoms with Crippen molar-refractivity contribution in [2.45, 2.75) is 18.6 Å². The van der Waals surface area contributed by atoms with Crippen LogP contribution in [0.2, 0.25) is 5.15 Å². The molecule has 0 aromatic carbocycles. The first-order valence-corrected chi connectivity index (χ1v) is 5.56. The normalized spacial score (nSPS) is 23.1. The highest BCUT2D eigenvalue weighted by Crippen LogP contribution is 2.20. The molecule has 1 saturated heterocycles. The molecule has 0 saturated carbocycles. The molecule has 18 heavy (non-hydrogen) atoms. The van der Waals surface area contributed by atoms with Crippen LogP contribution < -0.4 is 0 Å². The first-order chi connectivity index (χ1) is 8.49. The van der Waals surface area contributed by atoms with Crippen LogP contribution in [0.1, 0.15) is 16.9 Å². The molecular weight excluding hydrogens is 262 g/mol. The monoisotopic (exact) mass is 271 g/mol. The molecule has 0 aliphatic carbocycles. The number of rotatable bonds is 2. The quantitative estimate of drug-likeness (QED) is 0.771. The number of aliphatic carboxylic acids is 1. The minimum absolute atomic E-state index is 0.000231. The molecule has 1 amide bonds. The van der Waals surface area contributed by atoms with Crippen molar-refractivity contribution in [3.05, 3.63) is 23.2 Å². The summed E-state index contributed by atoms with van der Waals surface area (Å²) < 4.78 is 0. The molecule has 2 atom stereocenters. The van der Waals surface area contributed by atoms with Crippen molar-refractivity contribution in [3.8, 4) is 0 Å². The number of β-amino-alcohol motifs (C(OH)–C–C–N with tert-alkyl or cyclic N) is 1. The summed E-state index contributed by atoms with van der Waals surface area (Å²) in [5, 5.41) is 18.6. The number of aliphatic hydroxyl groups excluding tert-OH is 1. The molecule has 2 heterocycles. The summed E-state index contributed by atoms with van der Waals surface area (Å²) in [5.74, 6) is -1.73. The predicted octanol–water partition coefficient (Wildman–Crippen LogP) is -0.210. The predicted molar refractivity (Wildman–Crippen MR) is 60.1 cm³/mol. The molecule has 1 aromatic rings. The molecule has 8 heteroatoms. The van der Waals surface area contributed by atoms with Crippen LogP contribution in [0.15, 0.2) is 12.4 Å². The molecule has 0 radical (unpaired) electrons. The molecule has 0 unspecified atom stereocenters. The minimum Gasteiger partial charge on any atom is -0.480 e. The van der Waals surface area contributed by atoms with E-state index in [1.165, 1.54) is 12.4 Å². The highest BCUT2D eigenvalue weighted by atomic mass is 35.5. The number of aliphatic hydroxyl groups is 1. The zero-order valence-electron chi connectivity index (χ0n) is 9.15. The van der Waals surface area contributed by atoms with Crippen molar-refractivity contribution < 1.29 is 19.8 Å². The van der Waals surface area contributed by atoms with E-state index in [1.807, 2.05) is 0 Å². The van der Waals surface area contributed by atoms with Gasteiger partial charge in [-0.05, 0) is 0 Å². The van der Waals surface area contributed by atoms with Crippen LogP contribution in [0.3, 0.4) is 0 Å². The molecule has 1 aliphatic rings. The van der Waals surface area contributed by atoms with Gasteiger partial charge in [-0.1, -0.05) is 11.6 Å². The molecule has 0 bridgehead atoms. The Balaban J connectivity index is 2.22. The summed E-state index contributed by atoms with van der Waals surface area (Å²) in [7, 11) is 0. The Morgan fingerprint density at radius 2 is 2.11 bits per heavy atom. The Morgan fingerprint density at radius 3 is 2.67 bits per heavy atom. The summed E-state index contributed by atoms with van der Waals surface area (Å²) in [4.78, 5) is 31.6. The van der Waals surface area contributed by atoms with E-state index < -0.39 is 24.0 Å². The third-order valence-corrected chi connectivity index (χ3v) is 2.86. The van der Waals surface area contributed by atoms with Gasteiger partial charge < -0.3 is 15.1 Å². The molecule has 2 rings (SSSR count). The topological polar surface area (TPSA) is 104 Å². The number of carbonyl (C=O) groups excluding carboxylic acids is 1. The van der Waals surface area contributed by atoms with Crippen LogP contribution in [0.25, 0.3) is 0 Å². The van der Waals surface area contributed by atoms with Crippen LogP contribution in [-0.2, 0) is 4.79 Å². The Morgan fingerprint density at radius 1 is 1.39 bits per heavy atom. The van der Waals surface area contributed by atoms with Gasteiger partial charge in [-0.15, -0.1) is 0 Å². The van der Waals surface area contributed by atoms with Crippen molar-refractivity contribution >= 4 is 23.5 Å². The Kier molecular flexibility index (Phi) is 3.44. The van der Waals surface area contributed by atoms with Crippen molar-refractivity contribution in [1.82, 2.24) is 14.9 Å². The number of carboxylic acids is 1. The standard InChI is InChI=1S/C10H10ClN3O4/c11-8-3-12-6(2-13-8)9(16)14-4-5(15)1-7(14)10(17)18/h2-3,5,7,15H,1,4H2,(H,17,18)/t5-,7+/m1/s1. The van der Waals surface area contributed by atoms with Gasteiger partial charge in [0, 0.05) is 13.0 Å². The van der Waals surface area contributed by atoms with E-state index in [0.29, 0.717) is 0 Å². The second-order valence-corrected chi connectivity index (χ2v) is 4.31. The van der Waals surface area contributed by atoms with Gasteiger partial charge in [0.1, 0.15) is 16.9 Å². The summed E-state index contributed by atoms with van der Waals surface area (Å²) in [6.07, 6.45) is 1.56. The lowest BCUT2D eigenvalue weighted by Crippen LogP contribution is -2.41. The van der Waals surface area contributed by atoms with E-state index in [2.05, 4.69) is 9.97 Å². The minimum atomic E-state index is -1.15. The number of nitrogens with zero attached hydrogens (tertiary/aromatic N) is 3. The second-order valence-electron chi connectivity index (χ2n) is 3.93. The fraction of sp³-hybridized carbons (Fsp3) is 0.400. The average molecular weight is 272 g/mol. The van der Waals surface area contributed by atoms with E-state index in [0.717, 1.165) is 4.90 Å². The zero-order valence-corrected chi connectivity index (χ0v) is 9.91. The van der Waals surface area contributed by atoms with E-state index in [9.17, 15) is 14.7 Å². The molecule has 1 aliphatic heterocycles. The third kappa shape index (κ3) is 2.41. The molecular formula is C10H10ClN3O4. The van der Waals surface area contributed by atoms with Gasteiger partial charge in [0.2, 0.25) is 0 Å². The van der Waals surface area contributed by atoms with Gasteiger partial charge in [-0.2, -0.15) is 0 Å². The van der Waals surface area contributed by atoms with Crippen molar-refractivity contribution in [2.75, 3.05) is 6.54 Å². The van der Waals surface area contributed by atoms with Crippen molar-refractivity contribution in [3.63, 3.8) is 0 Å². The molecule has 1 fully saturated rings. The Hall–Kier alpha value is -1.73. The van der Waals surface area contributed by atoms with Gasteiger partial charge in [0.25, 0.3) is 5.91 Å². The number of amides is 1. The lowest BCUT2D eigenvalue weighted by molar-refractivity contribution is -0.141. The largest absolute Gasteiger partial charge is 0.480 e. The van der Waals surface area contributed by atoms with Crippen LogP contribution in [0, 0.1) is 0 Å². The van der Waals surface area contributed by atoms with E-state index in [1.54, 1.807) is 0 Å². The second kappa shape index (κ2) is 4.87. The number of halogens is 1. The summed E-state index contributed by atoms with van der Waals surface area (Å²) in [6.45, 7) is -0.0277. The smallest absolute Gasteiger partial charge is 0.326 e. The fourth-order valence-corrected chi connectivity index (χ4v) is 1.94. The fourth-order valence-electron chi connectivity index (χ4n) is 1.84. The Labute approximate surface area is 107 Å². The van der Waals surface area contributed by atoms with E-state index >= 15 is 0 Å².